The van der Waals surface area contributed by atoms with Crippen LogP contribution in [0.5, 0.6) is 5.88 Å². The standard InChI is InChI=1S/C18H17F2N7O2/c1-9-4-21-16(28)13-6-24-27-8-23-18(25-15(13)27)26-7-11(20)3-14(26)12-2-10(19)5-22-17(12)29-9/h2,5-6,8-9,11,14H,3-4,7H2,1H3,(H,21,28)/t9-,11-,14+/m0/s1. The molecule has 3 aromatic heterocycles. The SMILES string of the molecule is C[C@H]1CNC(=O)c2cnn3cnc(nc23)N2C[C@@H](F)C[C@@H]2c2cc(F)cnc2O1. The number of nitrogens with one attached hydrogen (secondary N) is 1. The number of aromatic nitrogens is 5. The first-order chi connectivity index (χ1) is 14.0. The number of anilines is 1. The number of rotatable bonds is 0. The number of carbonyl (C=O) groups excluding carboxylic acids is 1. The number of hydrogen-bond acceptors (Lipinski definition) is 7. The highest BCUT2D eigenvalue weighted by atomic mass is 19.1. The van der Waals surface area contributed by atoms with Crippen molar-refractivity contribution < 1.29 is 18.3 Å². The van der Waals surface area contributed by atoms with Gasteiger partial charge < -0.3 is 15.0 Å². The molecule has 2 aliphatic heterocycles. The molecule has 150 valence electrons. The Hall–Kier alpha value is -3.37. The van der Waals surface area contributed by atoms with Crippen LogP contribution < -0.4 is 15.0 Å². The lowest BCUT2D eigenvalue weighted by atomic mass is 10.1. The van der Waals surface area contributed by atoms with Gasteiger partial charge in [0.15, 0.2) is 5.65 Å². The number of nitrogens with zero attached hydrogens (tertiary/aromatic N) is 6. The number of halogens is 2. The summed E-state index contributed by atoms with van der Waals surface area (Å²) in [5, 5.41) is 6.87. The maximum atomic E-state index is 14.4. The maximum absolute atomic E-state index is 14.4. The molecule has 0 spiro atoms. The molecule has 1 N–H and O–H groups in total. The molecular weight excluding hydrogens is 384 g/mol. The molecular formula is C18H17F2N7O2. The normalized spacial score (nSPS) is 24.2. The first kappa shape index (κ1) is 17.7. The van der Waals surface area contributed by atoms with Crippen LogP contribution in [0.2, 0.25) is 0 Å². The van der Waals surface area contributed by atoms with E-state index in [1.54, 1.807) is 11.8 Å². The molecule has 11 heteroatoms. The lowest BCUT2D eigenvalue weighted by molar-refractivity contribution is 0.0931. The van der Waals surface area contributed by atoms with E-state index >= 15 is 0 Å². The van der Waals surface area contributed by atoms with Gasteiger partial charge >= 0.3 is 0 Å². The smallest absolute Gasteiger partial charge is 0.256 e. The summed E-state index contributed by atoms with van der Waals surface area (Å²) in [5.74, 6) is -0.498. The summed E-state index contributed by atoms with van der Waals surface area (Å²) < 4.78 is 35.7. The van der Waals surface area contributed by atoms with Crippen LogP contribution in [0, 0.1) is 5.82 Å². The van der Waals surface area contributed by atoms with Crippen LogP contribution in [0.15, 0.2) is 24.8 Å². The van der Waals surface area contributed by atoms with E-state index in [-0.39, 0.29) is 42.8 Å². The second kappa shape index (κ2) is 6.61. The van der Waals surface area contributed by atoms with Crippen molar-refractivity contribution in [3.8, 4) is 5.88 Å². The van der Waals surface area contributed by atoms with Crippen molar-refractivity contribution in [1.82, 2.24) is 29.9 Å². The lowest BCUT2D eigenvalue weighted by Gasteiger charge is -2.26. The van der Waals surface area contributed by atoms with Crippen molar-refractivity contribution >= 4 is 17.5 Å². The van der Waals surface area contributed by atoms with Crippen molar-refractivity contribution in [2.24, 2.45) is 0 Å². The van der Waals surface area contributed by atoms with Gasteiger partial charge in [-0.1, -0.05) is 0 Å². The van der Waals surface area contributed by atoms with Gasteiger partial charge in [-0.2, -0.15) is 10.1 Å². The molecule has 5 heterocycles. The number of ether oxygens (including phenoxy) is 1. The zero-order valence-corrected chi connectivity index (χ0v) is 15.4. The Labute approximate surface area is 163 Å². The van der Waals surface area contributed by atoms with Gasteiger partial charge in [-0.15, -0.1) is 0 Å². The monoisotopic (exact) mass is 401 g/mol. The van der Waals surface area contributed by atoms with Crippen LogP contribution in [0.3, 0.4) is 0 Å². The number of pyridine rings is 1. The van der Waals surface area contributed by atoms with Crippen molar-refractivity contribution in [3.63, 3.8) is 0 Å². The third-order valence-corrected chi connectivity index (χ3v) is 5.08. The minimum atomic E-state index is -1.16. The molecule has 2 aliphatic rings. The minimum absolute atomic E-state index is 0.0298. The molecule has 1 fully saturated rings. The molecule has 3 atom stereocenters. The lowest BCUT2D eigenvalue weighted by Crippen LogP contribution is -2.34. The number of amides is 1. The molecule has 0 unspecified atom stereocenters. The summed E-state index contributed by atoms with van der Waals surface area (Å²) in [5.41, 5.74) is 0.994. The fourth-order valence-electron chi connectivity index (χ4n) is 3.72. The largest absolute Gasteiger partial charge is 0.473 e. The van der Waals surface area contributed by atoms with Crippen molar-refractivity contribution in [3.05, 3.63) is 41.7 Å². The highest BCUT2D eigenvalue weighted by Crippen LogP contribution is 2.39. The number of carbonyl (C=O) groups is 1. The van der Waals surface area contributed by atoms with Gasteiger partial charge in [-0.25, -0.2) is 23.3 Å². The van der Waals surface area contributed by atoms with Gasteiger partial charge in [-0.3, -0.25) is 4.79 Å². The van der Waals surface area contributed by atoms with E-state index in [1.807, 2.05) is 0 Å². The van der Waals surface area contributed by atoms with E-state index < -0.39 is 24.1 Å². The van der Waals surface area contributed by atoms with E-state index in [0.717, 1.165) is 6.20 Å². The average Bonchev–Trinajstić information content (AvgIpc) is 3.30. The van der Waals surface area contributed by atoms with Crippen molar-refractivity contribution in [2.75, 3.05) is 18.0 Å². The van der Waals surface area contributed by atoms with E-state index in [2.05, 4.69) is 25.4 Å². The Kier molecular flexibility index (Phi) is 4.03. The van der Waals surface area contributed by atoms with E-state index in [1.165, 1.54) is 23.1 Å². The Morgan fingerprint density at radius 3 is 3.03 bits per heavy atom. The minimum Gasteiger partial charge on any atom is -0.473 e. The van der Waals surface area contributed by atoms with E-state index in [9.17, 15) is 13.6 Å². The summed E-state index contributed by atoms with van der Waals surface area (Å²) in [6.07, 6.45) is 2.38. The second-order valence-electron chi connectivity index (χ2n) is 7.17. The molecule has 29 heavy (non-hydrogen) atoms. The summed E-state index contributed by atoms with van der Waals surface area (Å²) in [4.78, 5) is 27.0. The predicted molar refractivity (Wildman–Crippen MR) is 97.0 cm³/mol. The number of alkyl halides is 1. The molecule has 1 saturated heterocycles. The summed E-state index contributed by atoms with van der Waals surface area (Å²) in [6, 6.07) is 0.736. The number of hydrogen-bond donors (Lipinski definition) is 1. The zero-order valence-electron chi connectivity index (χ0n) is 15.4. The van der Waals surface area contributed by atoms with Gasteiger partial charge in [0.25, 0.3) is 5.91 Å². The van der Waals surface area contributed by atoms with E-state index in [0.29, 0.717) is 11.2 Å². The summed E-state index contributed by atoms with van der Waals surface area (Å²) >= 11 is 0. The molecule has 0 saturated carbocycles. The Morgan fingerprint density at radius 2 is 2.17 bits per heavy atom. The molecule has 0 aliphatic carbocycles. The molecule has 3 aromatic rings. The van der Waals surface area contributed by atoms with Crippen LogP contribution in [0.25, 0.3) is 5.65 Å². The Morgan fingerprint density at radius 1 is 1.31 bits per heavy atom. The Bertz CT molecular complexity index is 1110. The quantitative estimate of drug-likeness (QED) is 0.609. The summed E-state index contributed by atoms with van der Waals surface area (Å²) in [6.45, 7) is 1.97. The fraction of sp³-hybridized carbons (Fsp3) is 0.389. The van der Waals surface area contributed by atoms with Crippen LogP contribution >= 0.6 is 0 Å². The first-order valence-electron chi connectivity index (χ1n) is 9.21. The zero-order chi connectivity index (χ0) is 20.1. The molecule has 5 rings (SSSR count). The predicted octanol–water partition coefficient (Wildman–Crippen LogP) is 1.46. The van der Waals surface area contributed by atoms with Crippen LogP contribution in [-0.4, -0.2) is 55.8 Å². The molecule has 2 bridgehead atoms. The highest BCUT2D eigenvalue weighted by molar-refractivity contribution is 5.99. The second-order valence-corrected chi connectivity index (χ2v) is 7.17. The third-order valence-electron chi connectivity index (χ3n) is 5.08. The Balaban J connectivity index is 1.70. The fourth-order valence-corrected chi connectivity index (χ4v) is 3.72. The van der Waals surface area contributed by atoms with Crippen LogP contribution in [-0.2, 0) is 0 Å². The van der Waals surface area contributed by atoms with Gasteiger partial charge in [0.1, 0.15) is 30.0 Å². The van der Waals surface area contributed by atoms with Crippen molar-refractivity contribution in [2.45, 2.75) is 31.7 Å². The number of fused-ring (bicyclic) bond motifs is 5. The molecule has 9 nitrogen and oxygen atoms in total. The van der Waals surface area contributed by atoms with Gasteiger partial charge in [0.2, 0.25) is 11.8 Å². The topological polar surface area (TPSA) is 97.5 Å². The molecule has 1 amide bonds. The van der Waals surface area contributed by atoms with Gasteiger partial charge in [0.05, 0.1) is 31.5 Å². The third kappa shape index (κ3) is 3.02. The first-order valence-corrected chi connectivity index (χ1v) is 9.21. The highest BCUT2D eigenvalue weighted by Gasteiger charge is 2.38. The summed E-state index contributed by atoms with van der Waals surface area (Å²) in [7, 11) is 0. The molecule has 0 radical (unpaired) electrons. The van der Waals surface area contributed by atoms with Crippen LogP contribution in [0.1, 0.15) is 35.3 Å². The molecule has 0 aromatic carbocycles. The van der Waals surface area contributed by atoms with Gasteiger partial charge in [0, 0.05) is 12.0 Å². The van der Waals surface area contributed by atoms with Gasteiger partial charge in [-0.05, 0) is 13.0 Å². The van der Waals surface area contributed by atoms with Crippen LogP contribution in [0.4, 0.5) is 14.7 Å². The average molecular weight is 401 g/mol. The van der Waals surface area contributed by atoms with Crippen molar-refractivity contribution in [1.29, 1.82) is 0 Å². The van der Waals surface area contributed by atoms with E-state index in [4.69, 9.17) is 4.74 Å². The maximum Gasteiger partial charge on any atom is 0.256 e.